The van der Waals surface area contributed by atoms with Crippen molar-refractivity contribution in [2.24, 2.45) is 0 Å². The first-order valence-corrected chi connectivity index (χ1v) is 9.67. The summed E-state index contributed by atoms with van der Waals surface area (Å²) in [7, 11) is 1.45. The summed E-state index contributed by atoms with van der Waals surface area (Å²) < 4.78 is 15.1. The fraction of sp³-hybridized carbons (Fsp3) is 0.222. The number of nitrogens with one attached hydrogen (secondary N) is 1. The number of carbonyl (C=O) groups excluding carboxylic acids is 2. The molecule has 140 valence electrons. The summed E-state index contributed by atoms with van der Waals surface area (Å²) in [5, 5.41) is 10.8. The lowest BCUT2D eigenvalue weighted by atomic mass is 10.0. The van der Waals surface area contributed by atoms with Crippen LogP contribution >= 0.6 is 23.1 Å². The first kappa shape index (κ1) is 19.1. The minimum atomic E-state index is -0.817. The van der Waals surface area contributed by atoms with Gasteiger partial charge in [0.05, 0.1) is 23.7 Å². The van der Waals surface area contributed by atoms with Crippen LogP contribution in [0, 0.1) is 5.41 Å². The lowest BCUT2D eigenvalue weighted by molar-refractivity contribution is -0.114. The van der Waals surface area contributed by atoms with E-state index >= 15 is 0 Å². The van der Waals surface area contributed by atoms with Crippen molar-refractivity contribution >= 4 is 46.2 Å². The number of benzene rings is 1. The van der Waals surface area contributed by atoms with Crippen LogP contribution in [-0.4, -0.2) is 35.7 Å². The largest absolute Gasteiger partial charge is 0.513 e. The number of rotatable bonds is 5. The van der Waals surface area contributed by atoms with Crippen LogP contribution in [0.4, 0.5) is 4.79 Å². The van der Waals surface area contributed by atoms with E-state index in [0.717, 1.165) is 11.8 Å². The Kier molecular flexibility index (Phi) is 5.92. The number of methoxy groups -OCH3 is 1. The van der Waals surface area contributed by atoms with Crippen molar-refractivity contribution in [1.82, 2.24) is 4.98 Å². The standard InChI is InChI=1S/C18H16N2O5S2/c1-3-24-18(22)25-11-5-4-10(8-12(11)23-2)9-13-15(21)14(16(19)27-13)17-20-6-7-26-17/h4-9,14,19H,3H2,1-2H3/b13-9-,19-16?/t14-/m1/s1. The van der Waals surface area contributed by atoms with Crippen molar-refractivity contribution in [3.05, 3.63) is 45.3 Å². The van der Waals surface area contributed by atoms with E-state index in [0.29, 0.717) is 21.2 Å². The Hall–Kier alpha value is -2.65. The van der Waals surface area contributed by atoms with E-state index in [9.17, 15) is 9.59 Å². The predicted molar refractivity (Wildman–Crippen MR) is 104 cm³/mol. The quantitative estimate of drug-likeness (QED) is 0.455. The molecule has 1 aromatic heterocycles. The van der Waals surface area contributed by atoms with E-state index in [1.54, 1.807) is 42.8 Å². The van der Waals surface area contributed by atoms with Crippen LogP contribution in [0.2, 0.25) is 0 Å². The van der Waals surface area contributed by atoms with E-state index in [1.807, 2.05) is 0 Å². The molecule has 0 bridgehead atoms. The molecule has 3 rings (SSSR count). The molecule has 0 unspecified atom stereocenters. The Bertz CT molecular complexity index is 908. The lowest BCUT2D eigenvalue weighted by Gasteiger charge is -2.09. The molecule has 9 heteroatoms. The van der Waals surface area contributed by atoms with Crippen molar-refractivity contribution in [2.75, 3.05) is 13.7 Å². The first-order valence-electron chi connectivity index (χ1n) is 7.97. The monoisotopic (exact) mass is 404 g/mol. The summed E-state index contributed by atoms with van der Waals surface area (Å²) in [6.45, 7) is 1.89. The third-order valence-electron chi connectivity index (χ3n) is 3.63. The number of thiazole rings is 1. The molecule has 0 radical (unpaired) electrons. The molecule has 0 aliphatic carbocycles. The summed E-state index contributed by atoms with van der Waals surface area (Å²) >= 11 is 2.49. The molecule has 0 amide bonds. The van der Waals surface area contributed by atoms with Crippen molar-refractivity contribution in [3.8, 4) is 11.5 Å². The second kappa shape index (κ2) is 8.36. The number of hydrogen-bond donors (Lipinski definition) is 1. The number of thioether (sulfide) groups is 1. The zero-order chi connectivity index (χ0) is 19.4. The van der Waals surface area contributed by atoms with E-state index in [1.165, 1.54) is 18.4 Å². The van der Waals surface area contributed by atoms with Crippen LogP contribution in [0.5, 0.6) is 11.5 Å². The number of ether oxygens (including phenoxy) is 3. The molecule has 1 atom stereocenters. The predicted octanol–water partition coefficient (Wildman–Crippen LogP) is 4.10. The molecule has 2 heterocycles. The second-order valence-electron chi connectivity index (χ2n) is 5.34. The Morgan fingerprint density at radius 3 is 2.85 bits per heavy atom. The fourth-order valence-corrected chi connectivity index (χ4v) is 4.24. The molecule has 1 aromatic carbocycles. The summed E-state index contributed by atoms with van der Waals surface area (Å²) in [4.78, 5) is 28.8. The van der Waals surface area contributed by atoms with Crippen molar-refractivity contribution < 1.29 is 23.8 Å². The molecule has 1 aliphatic rings. The Labute approximate surface area is 163 Å². The Morgan fingerprint density at radius 2 is 2.19 bits per heavy atom. The minimum absolute atomic E-state index is 0.147. The molecule has 0 saturated carbocycles. The van der Waals surface area contributed by atoms with E-state index < -0.39 is 12.1 Å². The van der Waals surface area contributed by atoms with Crippen LogP contribution in [0.15, 0.2) is 34.7 Å². The third kappa shape index (κ3) is 4.20. The number of Topliss-reactive ketones (excluding diaryl/α,β-unsaturated/α-hetero) is 1. The molecule has 2 aromatic rings. The van der Waals surface area contributed by atoms with Gasteiger partial charge in [-0.1, -0.05) is 17.8 Å². The number of hydrogen-bond acceptors (Lipinski definition) is 9. The van der Waals surface area contributed by atoms with Gasteiger partial charge in [-0.25, -0.2) is 9.78 Å². The highest BCUT2D eigenvalue weighted by Gasteiger charge is 2.38. The highest BCUT2D eigenvalue weighted by Crippen LogP contribution is 2.41. The van der Waals surface area contributed by atoms with E-state index in [2.05, 4.69) is 4.98 Å². The second-order valence-corrected chi connectivity index (χ2v) is 7.35. The molecule has 1 aliphatic heterocycles. The molecule has 1 fully saturated rings. The number of ketones is 1. The Morgan fingerprint density at radius 1 is 1.37 bits per heavy atom. The van der Waals surface area contributed by atoms with Gasteiger partial charge in [0.15, 0.2) is 17.3 Å². The summed E-state index contributed by atoms with van der Waals surface area (Å²) in [5.74, 6) is -0.225. The minimum Gasteiger partial charge on any atom is -0.493 e. The van der Waals surface area contributed by atoms with Crippen molar-refractivity contribution in [2.45, 2.75) is 12.8 Å². The maximum Gasteiger partial charge on any atom is 0.513 e. The number of allylic oxidation sites excluding steroid dienone is 1. The van der Waals surface area contributed by atoms with E-state index in [4.69, 9.17) is 19.6 Å². The number of carbonyl (C=O) groups is 2. The summed E-state index contributed by atoms with van der Waals surface area (Å²) in [6.07, 6.45) is 2.49. The smallest absolute Gasteiger partial charge is 0.493 e. The van der Waals surface area contributed by atoms with Crippen LogP contribution < -0.4 is 9.47 Å². The Balaban J connectivity index is 1.83. The summed E-state index contributed by atoms with van der Waals surface area (Å²) in [6, 6.07) is 4.91. The molecule has 1 saturated heterocycles. The lowest BCUT2D eigenvalue weighted by Crippen LogP contribution is -2.11. The van der Waals surface area contributed by atoms with Crippen molar-refractivity contribution in [3.63, 3.8) is 0 Å². The fourth-order valence-electron chi connectivity index (χ4n) is 2.44. The molecular formula is C18H16N2O5S2. The topological polar surface area (TPSA) is 98.6 Å². The van der Waals surface area contributed by atoms with Gasteiger partial charge < -0.3 is 14.2 Å². The van der Waals surface area contributed by atoms with Crippen molar-refractivity contribution in [1.29, 1.82) is 5.41 Å². The average molecular weight is 404 g/mol. The van der Waals surface area contributed by atoms with Gasteiger partial charge in [0, 0.05) is 11.6 Å². The molecular weight excluding hydrogens is 388 g/mol. The summed E-state index contributed by atoms with van der Waals surface area (Å²) in [5.41, 5.74) is 0.687. The van der Waals surface area contributed by atoms with Gasteiger partial charge in [0.25, 0.3) is 0 Å². The third-order valence-corrected chi connectivity index (χ3v) is 5.46. The van der Waals surface area contributed by atoms with Crippen LogP contribution in [0.1, 0.15) is 23.4 Å². The SMILES string of the molecule is CCOC(=O)Oc1ccc(/C=C2\SC(=N)[C@H](c3nccs3)C2=O)cc1OC. The van der Waals surface area contributed by atoms with Gasteiger partial charge in [-0.2, -0.15) is 0 Å². The maximum atomic E-state index is 12.7. The number of aromatic nitrogens is 1. The molecule has 1 N–H and O–H groups in total. The maximum absolute atomic E-state index is 12.7. The van der Waals surface area contributed by atoms with Gasteiger partial charge in [0.2, 0.25) is 0 Å². The normalized spacial score (nSPS) is 18.0. The molecule has 0 spiro atoms. The van der Waals surface area contributed by atoms with Crippen LogP contribution in [0.3, 0.4) is 0 Å². The van der Waals surface area contributed by atoms with Crippen LogP contribution in [-0.2, 0) is 9.53 Å². The first-order chi connectivity index (χ1) is 13.0. The van der Waals surface area contributed by atoms with Gasteiger partial charge >= 0.3 is 6.16 Å². The average Bonchev–Trinajstić information content (AvgIpc) is 3.25. The van der Waals surface area contributed by atoms with Crippen LogP contribution in [0.25, 0.3) is 6.08 Å². The molecule has 27 heavy (non-hydrogen) atoms. The van der Waals surface area contributed by atoms with Gasteiger partial charge in [-0.15, -0.1) is 11.3 Å². The highest BCUT2D eigenvalue weighted by atomic mass is 32.2. The van der Waals surface area contributed by atoms with E-state index in [-0.39, 0.29) is 23.2 Å². The highest BCUT2D eigenvalue weighted by molar-refractivity contribution is 8.19. The van der Waals surface area contributed by atoms with Gasteiger partial charge in [0.1, 0.15) is 10.9 Å². The van der Waals surface area contributed by atoms with Gasteiger partial charge in [-0.3, -0.25) is 10.2 Å². The zero-order valence-electron chi connectivity index (χ0n) is 14.6. The number of nitrogens with zero attached hydrogens (tertiary/aromatic N) is 1. The van der Waals surface area contributed by atoms with Gasteiger partial charge in [-0.05, 0) is 30.7 Å². The zero-order valence-corrected chi connectivity index (χ0v) is 16.2. The molecule has 7 nitrogen and oxygen atoms in total.